The molecule has 0 saturated carbocycles. The number of hydrogen-bond acceptors (Lipinski definition) is 3. The molecule has 2 nitrogen and oxygen atoms in total. The lowest BCUT2D eigenvalue weighted by atomic mass is 9.80. The van der Waals surface area contributed by atoms with Crippen molar-refractivity contribution in [2.24, 2.45) is 0 Å². The average Bonchev–Trinajstić information content (AvgIpc) is 2.47. The summed E-state index contributed by atoms with van der Waals surface area (Å²) in [7, 11) is -1.48. The Kier molecular flexibility index (Phi) is 2.86. The number of fused-ring (bicyclic) bond motifs is 1. The Hall–Kier alpha value is -0.0651. The molecule has 0 amide bonds. The van der Waals surface area contributed by atoms with E-state index in [-0.39, 0.29) is 0 Å². The summed E-state index contributed by atoms with van der Waals surface area (Å²) in [6, 6.07) is 3.36. The molecule has 1 aromatic carbocycles. The van der Waals surface area contributed by atoms with E-state index in [4.69, 9.17) is 21.6 Å². The van der Waals surface area contributed by atoms with Gasteiger partial charge in [-0.05, 0) is 28.1 Å². The fourth-order valence-electron chi connectivity index (χ4n) is 1.29. The number of thiophene rings is 1. The molecule has 2 rings (SSSR count). The highest BCUT2D eigenvalue weighted by Crippen LogP contribution is 2.31. The van der Waals surface area contributed by atoms with E-state index in [2.05, 4.69) is 15.9 Å². The van der Waals surface area contributed by atoms with Gasteiger partial charge < -0.3 is 10.0 Å². The molecule has 0 unspecified atom stereocenters. The van der Waals surface area contributed by atoms with E-state index in [9.17, 15) is 0 Å². The lowest BCUT2D eigenvalue weighted by molar-refractivity contribution is 0.426. The molecule has 0 atom stereocenters. The fraction of sp³-hybridized carbons (Fsp3) is 0. The second kappa shape index (κ2) is 3.83. The zero-order valence-electron chi connectivity index (χ0n) is 6.87. The highest BCUT2D eigenvalue weighted by atomic mass is 79.9. The molecule has 1 heterocycles. The molecule has 0 fully saturated rings. The molecule has 0 bridgehead atoms. The van der Waals surface area contributed by atoms with Crippen LogP contribution >= 0.6 is 38.9 Å². The standard InChI is InChI=1S/C8H5BBrClO2S/c10-7-3-14-8-5(7)1-4(11)2-6(8)9(12)13/h1-3,12-13H. The van der Waals surface area contributed by atoms with Gasteiger partial charge >= 0.3 is 7.12 Å². The second-order valence-corrected chi connectivity index (χ2v) is 5.00. The van der Waals surface area contributed by atoms with Gasteiger partial charge in [0.25, 0.3) is 0 Å². The number of halogens is 2. The number of hydrogen-bond donors (Lipinski definition) is 2. The van der Waals surface area contributed by atoms with Gasteiger partial charge in [-0.3, -0.25) is 0 Å². The molecule has 2 N–H and O–H groups in total. The molecule has 0 saturated heterocycles. The van der Waals surface area contributed by atoms with Gasteiger partial charge in [0.2, 0.25) is 0 Å². The topological polar surface area (TPSA) is 40.5 Å². The van der Waals surface area contributed by atoms with Crippen LogP contribution in [0.4, 0.5) is 0 Å². The molecular formula is C8H5BBrClO2S. The zero-order chi connectivity index (χ0) is 10.3. The van der Waals surface area contributed by atoms with Crippen LogP contribution in [-0.4, -0.2) is 17.2 Å². The summed E-state index contributed by atoms with van der Waals surface area (Å²) in [6.07, 6.45) is 0. The highest BCUT2D eigenvalue weighted by molar-refractivity contribution is 9.10. The second-order valence-electron chi connectivity index (χ2n) is 2.83. The summed E-state index contributed by atoms with van der Waals surface area (Å²) in [6.45, 7) is 0. The highest BCUT2D eigenvalue weighted by Gasteiger charge is 2.17. The van der Waals surface area contributed by atoms with Gasteiger partial charge in [-0.1, -0.05) is 11.6 Å². The Labute approximate surface area is 98.4 Å². The monoisotopic (exact) mass is 290 g/mol. The van der Waals surface area contributed by atoms with Gasteiger partial charge in [-0.2, -0.15) is 0 Å². The summed E-state index contributed by atoms with van der Waals surface area (Å²) >= 11 is 10.7. The van der Waals surface area contributed by atoms with Crippen molar-refractivity contribution in [3.8, 4) is 0 Å². The summed E-state index contributed by atoms with van der Waals surface area (Å²) in [4.78, 5) is 0. The zero-order valence-corrected chi connectivity index (χ0v) is 10.0. The maximum atomic E-state index is 9.14. The predicted molar refractivity (Wildman–Crippen MR) is 64.4 cm³/mol. The fourth-order valence-corrected chi connectivity index (χ4v) is 3.19. The maximum Gasteiger partial charge on any atom is 0.489 e. The van der Waals surface area contributed by atoms with Crippen molar-refractivity contribution in [2.45, 2.75) is 0 Å². The lowest BCUT2D eigenvalue weighted by Crippen LogP contribution is -2.29. The smallest absolute Gasteiger partial charge is 0.423 e. The van der Waals surface area contributed by atoms with Crippen LogP contribution in [-0.2, 0) is 0 Å². The van der Waals surface area contributed by atoms with E-state index in [1.54, 1.807) is 12.1 Å². The molecule has 6 heteroatoms. The Morgan fingerprint density at radius 1 is 1.36 bits per heavy atom. The van der Waals surface area contributed by atoms with E-state index >= 15 is 0 Å². The molecule has 0 aliphatic rings. The molecule has 2 aromatic rings. The first-order chi connectivity index (χ1) is 6.59. The minimum atomic E-state index is -1.48. The predicted octanol–water partition coefficient (Wildman–Crippen LogP) is 2.00. The van der Waals surface area contributed by atoms with E-state index < -0.39 is 7.12 Å². The largest absolute Gasteiger partial charge is 0.489 e. The van der Waals surface area contributed by atoms with Crippen molar-refractivity contribution in [2.75, 3.05) is 0 Å². The molecule has 0 aliphatic heterocycles. The third-order valence-corrected chi connectivity index (χ3v) is 4.12. The minimum Gasteiger partial charge on any atom is -0.423 e. The average molecular weight is 291 g/mol. The van der Waals surface area contributed by atoms with E-state index in [0.29, 0.717) is 10.5 Å². The van der Waals surface area contributed by atoms with Gasteiger partial charge in [-0.15, -0.1) is 11.3 Å². The van der Waals surface area contributed by atoms with Crippen molar-refractivity contribution in [3.05, 3.63) is 27.0 Å². The lowest BCUT2D eigenvalue weighted by Gasteiger charge is -2.02. The SMILES string of the molecule is OB(O)c1cc(Cl)cc2c(Br)csc12. The van der Waals surface area contributed by atoms with Crippen molar-refractivity contribution in [1.82, 2.24) is 0 Å². The Morgan fingerprint density at radius 2 is 2.07 bits per heavy atom. The van der Waals surface area contributed by atoms with E-state index in [1.165, 1.54) is 11.3 Å². The Bertz CT molecular complexity index is 485. The van der Waals surface area contributed by atoms with Crippen LogP contribution in [0.1, 0.15) is 0 Å². The molecule has 14 heavy (non-hydrogen) atoms. The van der Waals surface area contributed by atoms with Gasteiger partial charge in [-0.25, -0.2) is 0 Å². The molecule has 0 spiro atoms. The Morgan fingerprint density at radius 3 is 2.71 bits per heavy atom. The van der Waals surface area contributed by atoms with Gasteiger partial charge in [0.1, 0.15) is 0 Å². The number of benzene rings is 1. The minimum absolute atomic E-state index is 0.447. The molecule has 0 radical (unpaired) electrons. The van der Waals surface area contributed by atoms with Gasteiger partial charge in [0.15, 0.2) is 0 Å². The maximum absolute atomic E-state index is 9.14. The Balaban J connectivity index is 2.82. The van der Waals surface area contributed by atoms with Crippen molar-refractivity contribution in [1.29, 1.82) is 0 Å². The van der Waals surface area contributed by atoms with Gasteiger partial charge in [0, 0.05) is 30.4 Å². The van der Waals surface area contributed by atoms with Crippen molar-refractivity contribution < 1.29 is 10.0 Å². The summed E-state index contributed by atoms with van der Waals surface area (Å²) in [5, 5.41) is 21.6. The third-order valence-electron chi connectivity index (χ3n) is 1.90. The van der Waals surface area contributed by atoms with Crippen LogP contribution in [0.15, 0.2) is 22.0 Å². The van der Waals surface area contributed by atoms with Crippen LogP contribution in [0.5, 0.6) is 0 Å². The van der Waals surface area contributed by atoms with Crippen molar-refractivity contribution in [3.63, 3.8) is 0 Å². The quantitative estimate of drug-likeness (QED) is 0.789. The van der Waals surface area contributed by atoms with E-state index in [1.807, 2.05) is 5.38 Å². The normalized spacial score (nSPS) is 10.9. The first-order valence-electron chi connectivity index (χ1n) is 3.82. The van der Waals surface area contributed by atoms with Crippen molar-refractivity contribution >= 4 is 61.5 Å². The first kappa shape index (κ1) is 10.5. The molecular weight excluding hydrogens is 286 g/mol. The van der Waals surface area contributed by atoms with E-state index in [0.717, 1.165) is 14.6 Å². The van der Waals surface area contributed by atoms with Crippen LogP contribution < -0.4 is 5.46 Å². The molecule has 72 valence electrons. The summed E-state index contributed by atoms with van der Waals surface area (Å²) < 4.78 is 1.76. The van der Waals surface area contributed by atoms with Crippen LogP contribution in [0.3, 0.4) is 0 Å². The third kappa shape index (κ3) is 1.70. The summed E-state index contributed by atoms with van der Waals surface area (Å²) in [5.41, 5.74) is 0.447. The van der Waals surface area contributed by atoms with Crippen LogP contribution in [0, 0.1) is 0 Å². The van der Waals surface area contributed by atoms with Crippen LogP contribution in [0.25, 0.3) is 10.1 Å². The first-order valence-corrected chi connectivity index (χ1v) is 5.87. The summed E-state index contributed by atoms with van der Waals surface area (Å²) in [5.74, 6) is 0. The molecule has 0 aliphatic carbocycles. The van der Waals surface area contributed by atoms with Crippen LogP contribution in [0.2, 0.25) is 5.02 Å². The van der Waals surface area contributed by atoms with Gasteiger partial charge in [0.05, 0.1) is 0 Å². The number of rotatable bonds is 1. The molecule has 1 aromatic heterocycles.